The highest BCUT2D eigenvalue weighted by Gasteiger charge is 2.36. The molecule has 0 saturated heterocycles. The quantitative estimate of drug-likeness (QED) is 0.806. The number of aromatic nitrogens is 1. The van der Waals surface area contributed by atoms with Gasteiger partial charge in [-0.3, -0.25) is 0 Å². The van der Waals surface area contributed by atoms with Gasteiger partial charge in [-0.25, -0.2) is 13.8 Å². The van der Waals surface area contributed by atoms with Crippen LogP contribution < -0.4 is 5.73 Å². The first-order chi connectivity index (χ1) is 8.80. The van der Waals surface area contributed by atoms with Gasteiger partial charge in [-0.1, -0.05) is 12.1 Å². The lowest BCUT2D eigenvalue weighted by molar-refractivity contribution is -0.140. The molecule has 1 aromatic heterocycles. The predicted octanol–water partition coefficient (Wildman–Crippen LogP) is 3.63. The van der Waals surface area contributed by atoms with Crippen molar-refractivity contribution in [3.63, 3.8) is 0 Å². The van der Waals surface area contributed by atoms with E-state index < -0.39 is 34.6 Å². The summed E-state index contributed by atoms with van der Waals surface area (Å²) in [5.74, 6) is -2.95. The average molecular weight is 274 g/mol. The van der Waals surface area contributed by atoms with Crippen molar-refractivity contribution in [3.05, 3.63) is 47.7 Å². The minimum absolute atomic E-state index is 0.354. The topological polar surface area (TPSA) is 38.9 Å². The maximum absolute atomic E-state index is 13.6. The number of hydrogen-bond donors (Lipinski definition) is 1. The second-order valence-corrected chi connectivity index (χ2v) is 3.73. The fourth-order valence-corrected chi connectivity index (χ4v) is 1.62. The minimum Gasteiger partial charge on any atom is -0.384 e. The van der Waals surface area contributed by atoms with E-state index in [-0.39, 0.29) is 5.82 Å². The van der Waals surface area contributed by atoms with Gasteiger partial charge >= 0.3 is 6.18 Å². The largest absolute Gasteiger partial charge is 0.434 e. The van der Waals surface area contributed by atoms with Crippen LogP contribution in [-0.4, -0.2) is 4.98 Å². The van der Waals surface area contributed by atoms with Gasteiger partial charge in [0.15, 0.2) is 17.3 Å². The molecule has 7 heteroatoms. The molecule has 0 spiro atoms. The van der Waals surface area contributed by atoms with E-state index in [1.807, 2.05) is 0 Å². The number of nitrogens with zero attached hydrogens (tertiary/aromatic N) is 1. The van der Waals surface area contributed by atoms with E-state index in [4.69, 9.17) is 5.73 Å². The van der Waals surface area contributed by atoms with E-state index in [0.29, 0.717) is 0 Å². The number of anilines is 1. The summed E-state index contributed by atoms with van der Waals surface area (Å²) in [6, 6.07) is 5.03. The van der Waals surface area contributed by atoms with Crippen molar-refractivity contribution in [2.24, 2.45) is 0 Å². The summed E-state index contributed by atoms with van der Waals surface area (Å²) >= 11 is 0. The first kappa shape index (κ1) is 13.3. The molecule has 2 rings (SSSR count). The zero-order chi connectivity index (χ0) is 14.2. The summed E-state index contributed by atoms with van der Waals surface area (Å²) in [7, 11) is 0. The minimum atomic E-state index is -4.82. The van der Waals surface area contributed by atoms with Crippen molar-refractivity contribution in [1.82, 2.24) is 4.98 Å². The summed E-state index contributed by atoms with van der Waals surface area (Å²) < 4.78 is 65.1. The second-order valence-electron chi connectivity index (χ2n) is 3.73. The highest BCUT2D eigenvalue weighted by molar-refractivity contribution is 5.68. The van der Waals surface area contributed by atoms with E-state index in [0.717, 1.165) is 30.3 Å². The molecule has 1 aromatic carbocycles. The van der Waals surface area contributed by atoms with Crippen LogP contribution in [-0.2, 0) is 6.18 Å². The molecule has 0 bridgehead atoms. The van der Waals surface area contributed by atoms with Gasteiger partial charge in [-0.2, -0.15) is 13.2 Å². The average Bonchev–Trinajstić information content (AvgIpc) is 2.32. The Morgan fingerprint density at radius 1 is 0.947 bits per heavy atom. The van der Waals surface area contributed by atoms with E-state index in [1.54, 1.807) is 0 Å². The summed E-state index contributed by atoms with van der Waals surface area (Å²) in [5, 5.41) is 0. The van der Waals surface area contributed by atoms with Crippen LogP contribution >= 0.6 is 0 Å². The molecule has 100 valence electrons. The molecule has 0 radical (unpaired) electrons. The smallest absolute Gasteiger partial charge is 0.384 e. The predicted molar refractivity (Wildman–Crippen MR) is 59.0 cm³/mol. The molecular weight excluding hydrogens is 267 g/mol. The van der Waals surface area contributed by atoms with Crippen LogP contribution in [0.15, 0.2) is 30.3 Å². The molecule has 1 heterocycles. The molecular formula is C12H7F5N2. The van der Waals surface area contributed by atoms with Gasteiger partial charge in [0.1, 0.15) is 5.82 Å². The van der Waals surface area contributed by atoms with Gasteiger partial charge in [0, 0.05) is 11.1 Å². The molecule has 0 atom stereocenters. The third kappa shape index (κ3) is 2.49. The van der Waals surface area contributed by atoms with Crippen molar-refractivity contribution < 1.29 is 22.0 Å². The summed E-state index contributed by atoms with van der Waals surface area (Å²) in [6.45, 7) is 0. The number of hydrogen-bond acceptors (Lipinski definition) is 2. The Morgan fingerprint density at radius 3 is 2.26 bits per heavy atom. The monoisotopic (exact) mass is 274 g/mol. The number of rotatable bonds is 1. The number of nitrogen functional groups attached to an aromatic ring is 1. The van der Waals surface area contributed by atoms with Crippen molar-refractivity contribution in [2.45, 2.75) is 6.18 Å². The molecule has 0 amide bonds. The molecule has 0 saturated carbocycles. The third-order valence-corrected chi connectivity index (χ3v) is 2.43. The number of pyridine rings is 1. The lowest BCUT2D eigenvalue weighted by Crippen LogP contribution is -2.12. The third-order valence-electron chi connectivity index (χ3n) is 2.43. The molecule has 0 aliphatic rings. The first-order valence-corrected chi connectivity index (χ1v) is 5.09. The Kier molecular flexibility index (Phi) is 3.13. The first-order valence-electron chi connectivity index (χ1n) is 5.09. The van der Waals surface area contributed by atoms with Crippen LogP contribution in [0.3, 0.4) is 0 Å². The van der Waals surface area contributed by atoms with Crippen molar-refractivity contribution in [3.8, 4) is 11.1 Å². The zero-order valence-corrected chi connectivity index (χ0v) is 9.30. The Labute approximate surface area is 104 Å². The van der Waals surface area contributed by atoms with Gasteiger partial charge in [0.25, 0.3) is 0 Å². The van der Waals surface area contributed by atoms with E-state index in [9.17, 15) is 22.0 Å². The van der Waals surface area contributed by atoms with Gasteiger partial charge < -0.3 is 5.73 Å². The zero-order valence-electron chi connectivity index (χ0n) is 9.30. The van der Waals surface area contributed by atoms with Gasteiger partial charge in [0.2, 0.25) is 0 Å². The van der Waals surface area contributed by atoms with Crippen molar-refractivity contribution in [1.29, 1.82) is 0 Å². The van der Waals surface area contributed by atoms with Crippen LogP contribution in [0.1, 0.15) is 5.69 Å². The van der Waals surface area contributed by atoms with Crippen molar-refractivity contribution >= 4 is 5.82 Å². The molecule has 19 heavy (non-hydrogen) atoms. The lowest BCUT2D eigenvalue weighted by Gasteiger charge is -2.13. The highest BCUT2D eigenvalue weighted by Crippen LogP contribution is 2.37. The number of alkyl halides is 3. The normalized spacial score (nSPS) is 11.6. The van der Waals surface area contributed by atoms with E-state index >= 15 is 0 Å². The number of halogens is 5. The summed E-state index contributed by atoms with van der Waals surface area (Å²) in [5.41, 5.74) is 2.77. The Bertz CT molecular complexity index is 622. The van der Waals surface area contributed by atoms with Crippen LogP contribution in [0.4, 0.5) is 27.8 Å². The number of benzene rings is 1. The van der Waals surface area contributed by atoms with E-state index in [1.165, 1.54) is 0 Å². The van der Waals surface area contributed by atoms with Crippen molar-refractivity contribution in [2.75, 3.05) is 5.73 Å². The molecule has 0 aliphatic carbocycles. The molecule has 0 aliphatic heterocycles. The van der Waals surface area contributed by atoms with Crippen LogP contribution in [0.2, 0.25) is 0 Å². The van der Waals surface area contributed by atoms with Gasteiger partial charge in [-0.15, -0.1) is 0 Å². The fourth-order valence-electron chi connectivity index (χ4n) is 1.62. The van der Waals surface area contributed by atoms with Gasteiger partial charge in [0.05, 0.1) is 0 Å². The second kappa shape index (κ2) is 4.49. The lowest BCUT2D eigenvalue weighted by atomic mass is 10.0. The highest BCUT2D eigenvalue weighted by atomic mass is 19.4. The Hall–Kier alpha value is -2.18. The summed E-state index contributed by atoms with van der Waals surface area (Å²) in [4.78, 5) is 3.16. The fraction of sp³-hybridized carbons (Fsp3) is 0.0833. The van der Waals surface area contributed by atoms with Crippen LogP contribution in [0, 0.1) is 11.6 Å². The maximum Gasteiger partial charge on any atom is 0.434 e. The number of nitrogens with two attached hydrogens (primary N) is 1. The Morgan fingerprint density at radius 2 is 1.63 bits per heavy atom. The Balaban J connectivity index is 2.72. The van der Waals surface area contributed by atoms with E-state index in [2.05, 4.69) is 4.98 Å². The molecule has 2 N–H and O–H groups in total. The molecule has 2 nitrogen and oxygen atoms in total. The molecule has 0 fully saturated rings. The summed E-state index contributed by atoms with van der Waals surface area (Å²) in [6.07, 6.45) is -4.82. The SMILES string of the molecule is Nc1ccc(-c2cccc(F)c2F)c(C(F)(F)F)n1. The van der Waals surface area contributed by atoms with Gasteiger partial charge in [-0.05, 0) is 18.2 Å². The molecule has 0 unspecified atom stereocenters. The maximum atomic E-state index is 13.6. The van der Waals surface area contributed by atoms with Crippen LogP contribution in [0.25, 0.3) is 11.1 Å². The standard InChI is InChI=1S/C12H7F5N2/c13-8-3-1-2-6(10(8)14)7-4-5-9(18)19-11(7)12(15,16)17/h1-5H,(H2,18,19). The molecule has 2 aromatic rings. The van der Waals surface area contributed by atoms with Crippen LogP contribution in [0.5, 0.6) is 0 Å².